The van der Waals surface area contributed by atoms with E-state index in [2.05, 4.69) is 20.4 Å². The van der Waals surface area contributed by atoms with Gasteiger partial charge in [-0.2, -0.15) is 73.1 Å². The van der Waals surface area contributed by atoms with Gasteiger partial charge in [-0.1, -0.05) is 164 Å². The van der Waals surface area contributed by atoms with Crippen LogP contribution in [-0.2, 0) is 33.5 Å². The van der Waals surface area contributed by atoms with Gasteiger partial charge in [-0.15, -0.1) is 0 Å². The number of aliphatic hydroxyl groups excluding tert-OH is 6. The van der Waals surface area contributed by atoms with E-state index in [4.69, 9.17) is 0 Å². The van der Waals surface area contributed by atoms with Gasteiger partial charge in [0.2, 0.25) is 22.4 Å². The molecule has 4 heterocycles. The van der Waals surface area contributed by atoms with E-state index in [1.54, 1.807) is 131 Å². The zero-order chi connectivity index (χ0) is 85.7. The highest BCUT2D eigenvalue weighted by molar-refractivity contribution is 5.96. The average molecular weight is 1650 g/mol. The van der Waals surface area contributed by atoms with Gasteiger partial charge in [-0.05, 0) is 126 Å². The van der Waals surface area contributed by atoms with Crippen molar-refractivity contribution in [2.75, 3.05) is 39.6 Å². The number of hydrogen-bond donors (Lipinski definition) is 10. The minimum atomic E-state index is -5.03. The first-order valence-corrected chi connectivity index (χ1v) is 37.3. The fourth-order valence-electron chi connectivity index (χ4n) is 16.1. The van der Waals surface area contributed by atoms with E-state index in [0.29, 0.717) is 102 Å². The number of benzene rings is 8. The normalized spacial score (nSPS) is 18.8. The van der Waals surface area contributed by atoms with E-state index in [9.17, 15) is 108 Å². The minimum Gasteiger partial charge on any atom is -0.394 e. The van der Waals surface area contributed by atoms with Gasteiger partial charge in [-0.25, -0.2) is 4.39 Å². The van der Waals surface area contributed by atoms with Crippen LogP contribution in [0.2, 0.25) is 0 Å². The van der Waals surface area contributed by atoms with Crippen molar-refractivity contribution in [3.05, 3.63) is 262 Å². The van der Waals surface area contributed by atoms with Crippen molar-refractivity contribution in [3.8, 4) is 89.0 Å². The quantitative estimate of drug-likeness (QED) is 0.0403. The second-order valence-electron chi connectivity index (χ2n) is 30.5. The predicted octanol–water partition coefficient (Wildman–Crippen LogP) is 15.7. The molecule has 0 bridgehead atoms. The molecule has 12 aromatic rings. The minimum absolute atomic E-state index is 0.0831. The van der Waals surface area contributed by atoms with E-state index in [1.165, 1.54) is 105 Å². The van der Waals surface area contributed by atoms with Gasteiger partial charge < -0.3 is 51.1 Å². The van der Waals surface area contributed by atoms with Crippen LogP contribution < -0.4 is 0 Å². The van der Waals surface area contributed by atoms with Gasteiger partial charge in [0.15, 0.2) is 0 Å². The van der Waals surface area contributed by atoms with Crippen molar-refractivity contribution in [3.63, 3.8) is 0 Å². The Morgan fingerprint density at radius 1 is 0.331 bits per heavy atom. The maximum atomic E-state index is 14.4. The third kappa shape index (κ3) is 13.7. The molecule has 4 aliphatic rings. The van der Waals surface area contributed by atoms with Crippen LogP contribution in [-0.4, -0.2) is 155 Å². The summed E-state index contributed by atoms with van der Waals surface area (Å²) in [6.07, 6.45) is -6.05. The smallest absolute Gasteiger partial charge is 0.394 e. The van der Waals surface area contributed by atoms with Gasteiger partial charge in [0.25, 0.3) is 0 Å². The average Bonchev–Trinajstić information content (AvgIpc) is 1.56. The van der Waals surface area contributed by atoms with Crippen LogP contribution in [0.3, 0.4) is 0 Å². The largest absolute Gasteiger partial charge is 0.425 e. The molecule has 620 valence electrons. The number of rotatable bonds is 16. The molecule has 0 radical (unpaired) electrons. The molecule has 0 fully saturated rings. The summed E-state index contributed by atoms with van der Waals surface area (Å²) in [5.74, 6) is -0.892. The van der Waals surface area contributed by atoms with Crippen molar-refractivity contribution >= 4 is 0 Å². The SMILES string of the molecule is CCC(CO)n1cc(-c2cc(C)cc3c2-c2ccccc2C3(O)C(F)(F)F)cn1.CCC(CO)n1cc(-c2cc(F)cc3c2-c2ccccc2C3(O)C(F)(F)F)cn1.Cc1cc(-c2cnn(C(C)(CO)CO)c2)c2c(c1)C(O)(C(F)(F)F)c1ccccc1-2.Cc1cc(-c2cnn(C(C)(CO)CO)c2)c2c(c1)C(O)(C(F)(F)F)c1ccccc1-2. The molecule has 4 aromatic heterocycles. The van der Waals surface area contributed by atoms with Gasteiger partial charge in [0.05, 0.1) is 76.5 Å². The number of aryl methyl sites for hydroxylation is 3. The summed E-state index contributed by atoms with van der Waals surface area (Å²) in [6.45, 7) is 10.3. The third-order valence-electron chi connectivity index (χ3n) is 22.7. The van der Waals surface area contributed by atoms with Crippen LogP contribution in [0.25, 0.3) is 89.0 Å². The molecule has 16 rings (SSSR count). The monoisotopic (exact) mass is 1640 g/mol. The van der Waals surface area contributed by atoms with Crippen LogP contribution >= 0.6 is 0 Å². The third-order valence-corrected chi connectivity index (χ3v) is 22.7. The molecule has 0 aliphatic heterocycles. The van der Waals surface area contributed by atoms with Crippen LogP contribution in [0.4, 0.5) is 57.1 Å². The first kappa shape index (κ1) is 85.2. The molecule has 0 amide bonds. The highest BCUT2D eigenvalue weighted by atomic mass is 19.4. The summed E-state index contributed by atoms with van der Waals surface area (Å²) in [5, 5.41) is 118. The molecule has 10 N–H and O–H groups in total. The molecular weight excluding hydrogens is 1560 g/mol. The lowest BCUT2D eigenvalue weighted by Crippen LogP contribution is -2.41. The zero-order valence-corrected chi connectivity index (χ0v) is 64.3. The predicted molar refractivity (Wildman–Crippen MR) is 411 cm³/mol. The number of aliphatic hydroxyl groups is 10. The Kier molecular flexibility index (Phi) is 22.3. The van der Waals surface area contributed by atoms with Crippen molar-refractivity contribution in [1.82, 2.24) is 39.1 Å². The maximum absolute atomic E-state index is 14.4. The highest BCUT2D eigenvalue weighted by Gasteiger charge is 2.65. The topological polar surface area (TPSA) is 274 Å². The van der Waals surface area contributed by atoms with Gasteiger partial charge >= 0.3 is 24.7 Å². The van der Waals surface area contributed by atoms with Crippen LogP contribution in [0.1, 0.15) is 114 Å². The van der Waals surface area contributed by atoms with Gasteiger partial charge in [-0.3, -0.25) is 18.7 Å². The Labute approximate surface area is 666 Å². The molecule has 4 aliphatic carbocycles. The second-order valence-corrected chi connectivity index (χ2v) is 30.5. The van der Waals surface area contributed by atoms with Crippen molar-refractivity contribution < 1.29 is 108 Å². The molecule has 0 saturated heterocycles. The summed E-state index contributed by atoms with van der Waals surface area (Å²) in [6, 6.07) is 34.4. The lowest BCUT2D eigenvalue weighted by atomic mass is 9.88. The molecule has 6 atom stereocenters. The highest BCUT2D eigenvalue weighted by Crippen LogP contribution is 2.62. The first-order valence-electron chi connectivity index (χ1n) is 37.3. The molecule has 0 saturated carbocycles. The summed E-state index contributed by atoms with van der Waals surface area (Å²) in [4.78, 5) is 0. The summed E-state index contributed by atoms with van der Waals surface area (Å²) in [7, 11) is 0. The van der Waals surface area contributed by atoms with Gasteiger partial charge in [0.1, 0.15) is 16.9 Å². The molecule has 31 heteroatoms. The molecule has 118 heavy (non-hydrogen) atoms. The standard InChI is InChI=1S/2C22H21F3N2O3.C22H21F3N2O2.C21H18F4N2O2/c2*1-13-7-16(14-9-26-27(10-14)20(2,11-28)12-29)19-15-5-3-4-6-17(15)21(30,18(19)8-13)22(23,24)25;1-3-15(12-28)27-11-14(10-26-27)17-8-13(2)9-19-20(17)16-6-4-5-7-18(16)21(19,29)22(23,24)25;1-2-14(11-28)27-10-12(9-26-27)16-7-13(22)8-18-19(16)15-5-3-4-6-17(15)20(18,29)21(23,24)25/h2*3-10,28-30H,11-12H2,1-2H3;4-11,15,28-29H,3,12H2,1-2H3;3-10,14,28-29H,2,11H2,1H3. The Morgan fingerprint density at radius 2 is 0.576 bits per heavy atom. The molecular formula is C87H81F13N8O10. The molecule has 8 aromatic carbocycles. The first-order chi connectivity index (χ1) is 55.6. The maximum Gasteiger partial charge on any atom is 0.425 e. The van der Waals surface area contributed by atoms with Crippen molar-refractivity contribution in [2.24, 2.45) is 0 Å². The number of nitrogens with zero attached hydrogens (tertiary/aromatic N) is 8. The Balaban J connectivity index is 0.000000136. The number of fused-ring (bicyclic) bond motifs is 12. The zero-order valence-electron chi connectivity index (χ0n) is 64.3. The second kappa shape index (κ2) is 30.9. The van der Waals surface area contributed by atoms with Crippen LogP contribution in [0.15, 0.2) is 195 Å². The van der Waals surface area contributed by atoms with Gasteiger partial charge in [0, 0.05) is 91.5 Å². The van der Waals surface area contributed by atoms with E-state index in [1.807, 2.05) is 13.8 Å². The number of hydrogen-bond acceptors (Lipinski definition) is 14. The Bertz CT molecular complexity index is 5430. The lowest BCUT2D eigenvalue weighted by molar-refractivity contribution is -0.247. The number of halogens is 13. The lowest BCUT2D eigenvalue weighted by Gasteiger charge is -2.28. The fourth-order valence-corrected chi connectivity index (χ4v) is 16.1. The summed E-state index contributed by atoms with van der Waals surface area (Å²) < 4.78 is 189. The molecule has 0 spiro atoms. The van der Waals surface area contributed by atoms with Crippen molar-refractivity contribution in [2.45, 2.75) is 132 Å². The van der Waals surface area contributed by atoms with E-state index in [0.717, 1.165) is 12.1 Å². The fraction of sp³-hybridized carbons (Fsp3) is 0.310. The number of alkyl halides is 12. The Hall–Kier alpha value is -10.7. The van der Waals surface area contributed by atoms with Crippen LogP contribution in [0, 0.1) is 26.6 Å². The summed E-state index contributed by atoms with van der Waals surface area (Å²) >= 11 is 0. The van der Waals surface area contributed by atoms with E-state index in [-0.39, 0.29) is 107 Å². The van der Waals surface area contributed by atoms with E-state index >= 15 is 0 Å². The number of aromatic nitrogens is 8. The molecule has 18 nitrogen and oxygen atoms in total. The van der Waals surface area contributed by atoms with Crippen molar-refractivity contribution in [1.29, 1.82) is 0 Å². The van der Waals surface area contributed by atoms with E-state index < -0.39 is 69.6 Å². The summed E-state index contributed by atoms with van der Waals surface area (Å²) in [5.41, 5.74) is -8.96. The van der Waals surface area contributed by atoms with Crippen LogP contribution in [0.5, 0.6) is 0 Å². The Morgan fingerprint density at radius 3 is 0.831 bits per heavy atom. The molecule has 6 unspecified atom stereocenters.